The number of nitrogens with zero attached hydrogens (tertiary/aromatic N) is 5. The molecule has 0 saturated heterocycles. The number of halogens is 6. The van der Waals surface area contributed by atoms with E-state index in [1.807, 2.05) is 12.1 Å². The van der Waals surface area contributed by atoms with Crippen LogP contribution >= 0.6 is 11.6 Å². The number of benzene rings is 1. The van der Waals surface area contributed by atoms with Crippen molar-refractivity contribution in [3.63, 3.8) is 0 Å². The van der Waals surface area contributed by atoms with Gasteiger partial charge in [-0.1, -0.05) is 29.8 Å². The Morgan fingerprint density at radius 1 is 1.15 bits per heavy atom. The van der Waals surface area contributed by atoms with Gasteiger partial charge in [-0.2, -0.15) is 32.1 Å². The third-order valence-electron chi connectivity index (χ3n) is 4.65. The summed E-state index contributed by atoms with van der Waals surface area (Å²) in [5.74, 6) is -6.03. The van der Waals surface area contributed by atoms with Crippen LogP contribution in [0, 0.1) is 6.92 Å². The van der Waals surface area contributed by atoms with Crippen molar-refractivity contribution in [2.45, 2.75) is 25.6 Å². The van der Waals surface area contributed by atoms with Gasteiger partial charge in [0.25, 0.3) is 5.91 Å². The Bertz CT molecular complexity index is 1350. The minimum Gasteiger partial charge on any atom is -0.318 e. The van der Waals surface area contributed by atoms with Gasteiger partial charge in [-0.25, -0.2) is 9.50 Å². The highest BCUT2D eigenvalue weighted by Crippen LogP contribution is 2.43. The van der Waals surface area contributed by atoms with Crippen LogP contribution in [0.25, 0.3) is 5.65 Å². The van der Waals surface area contributed by atoms with Gasteiger partial charge in [0.1, 0.15) is 5.69 Å². The zero-order chi connectivity index (χ0) is 24.0. The number of alkyl halides is 5. The van der Waals surface area contributed by atoms with Crippen LogP contribution in [0.1, 0.15) is 27.4 Å². The first-order chi connectivity index (χ1) is 15.5. The lowest BCUT2D eigenvalue weighted by Crippen LogP contribution is -2.36. The standard InChI is InChI=1S/C20H14ClF5N6O/c1-11-6-16(19(22,23)20(24,25)26)32-17(28-11)7-15(30-32)18(33)29-13-8-27-31(10-13)9-12-4-2-3-5-14(12)21/h2-8,10H,9H2,1H3,(H,29,33). The van der Waals surface area contributed by atoms with Gasteiger partial charge < -0.3 is 5.32 Å². The molecular weight excluding hydrogens is 471 g/mol. The first-order valence-electron chi connectivity index (χ1n) is 9.35. The Hall–Kier alpha value is -3.54. The van der Waals surface area contributed by atoms with Crippen molar-refractivity contribution in [3.05, 3.63) is 76.5 Å². The molecule has 172 valence electrons. The average Bonchev–Trinajstić information content (AvgIpc) is 3.35. The summed E-state index contributed by atoms with van der Waals surface area (Å²) >= 11 is 6.12. The van der Waals surface area contributed by atoms with Crippen LogP contribution in [0.3, 0.4) is 0 Å². The Kier molecular flexibility index (Phi) is 5.56. The summed E-state index contributed by atoms with van der Waals surface area (Å²) in [5, 5.41) is 10.8. The van der Waals surface area contributed by atoms with Crippen LogP contribution in [0.2, 0.25) is 5.02 Å². The zero-order valence-corrected chi connectivity index (χ0v) is 17.5. The molecule has 4 aromatic rings. The largest absolute Gasteiger partial charge is 0.459 e. The maximum absolute atomic E-state index is 14.0. The molecule has 0 atom stereocenters. The average molecular weight is 485 g/mol. The number of nitrogens with one attached hydrogen (secondary N) is 1. The number of hydrogen-bond acceptors (Lipinski definition) is 4. The van der Waals surface area contributed by atoms with E-state index in [4.69, 9.17) is 11.6 Å². The first-order valence-corrected chi connectivity index (χ1v) is 9.73. The maximum atomic E-state index is 14.0. The van der Waals surface area contributed by atoms with Crippen LogP contribution in [0.4, 0.5) is 27.6 Å². The molecule has 4 rings (SSSR count). The predicted octanol–water partition coefficient (Wildman–Crippen LogP) is 4.84. The van der Waals surface area contributed by atoms with E-state index >= 15 is 0 Å². The molecule has 0 aliphatic carbocycles. The van der Waals surface area contributed by atoms with Gasteiger partial charge >= 0.3 is 12.1 Å². The molecule has 1 amide bonds. The summed E-state index contributed by atoms with van der Waals surface area (Å²) < 4.78 is 68.6. The Morgan fingerprint density at radius 2 is 1.88 bits per heavy atom. The van der Waals surface area contributed by atoms with Crippen molar-refractivity contribution in [2.75, 3.05) is 5.32 Å². The smallest absolute Gasteiger partial charge is 0.318 e. The number of amides is 1. The molecule has 7 nitrogen and oxygen atoms in total. The number of aromatic nitrogens is 5. The summed E-state index contributed by atoms with van der Waals surface area (Å²) in [6.07, 6.45) is -3.00. The minimum absolute atomic E-state index is 0.0888. The van der Waals surface area contributed by atoms with Crippen LogP contribution in [0.15, 0.2) is 48.8 Å². The number of rotatable bonds is 5. The Morgan fingerprint density at radius 3 is 2.58 bits per heavy atom. The number of carbonyl (C=O) groups is 1. The van der Waals surface area contributed by atoms with Crippen molar-refractivity contribution < 1.29 is 26.7 Å². The van der Waals surface area contributed by atoms with Crippen LogP contribution in [-0.2, 0) is 12.5 Å². The van der Waals surface area contributed by atoms with Crippen molar-refractivity contribution >= 4 is 28.8 Å². The van der Waals surface area contributed by atoms with E-state index < -0.39 is 29.4 Å². The van der Waals surface area contributed by atoms with Gasteiger partial charge in [0.2, 0.25) is 0 Å². The molecule has 3 aromatic heterocycles. The highest BCUT2D eigenvalue weighted by atomic mass is 35.5. The molecule has 0 bridgehead atoms. The van der Waals surface area contributed by atoms with Gasteiger partial charge in [-0.3, -0.25) is 9.48 Å². The lowest BCUT2D eigenvalue weighted by Gasteiger charge is -2.20. The fraction of sp³-hybridized carbons (Fsp3) is 0.200. The lowest BCUT2D eigenvalue weighted by atomic mass is 10.2. The minimum atomic E-state index is -5.85. The van der Waals surface area contributed by atoms with Gasteiger partial charge in [0.15, 0.2) is 11.3 Å². The highest BCUT2D eigenvalue weighted by molar-refractivity contribution is 6.31. The monoisotopic (exact) mass is 484 g/mol. The first kappa shape index (κ1) is 22.6. The van der Waals surface area contributed by atoms with Gasteiger partial charge in [0.05, 0.1) is 18.4 Å². The Labute approximate surface area is 187 Å². The molecule has 0 unspecified atom stereocenters. The topological polar surface area (TPSA) is 77.1 Å². The number of carbonyl (C=O) groups excluding carboxylic acids is 1. The van der Waals surface area contributed by atoms with E-state index in [9.17, 15) is 26.7 Å². The van der Waals surface area contributed by atoms with Crippen molar-refractivity contribution in [1.29, 1.82) is 0 Å². The van der Waals surface area contributed by atoms with E-state index in [1.165, 1.54) is 24.0 Å². The molecule has 13 heteroatoms. The maximum Gasteiger partial charge on any atom is 0.459 e. The van der Waals surface area contributed by atoms with E-state index in [0.29, 0.717) is 22.1 Å². The molecule has 1 N–H and O–H groups in total. The molecule has 0 aliphatic rings. The fourth-order valence-electron chi connectivity index (χ4n) is 3.09. The summed E-state index contributed by atoms with van der Waals surface area (Å²) in [4.78, 5) is 16.5. The molecule has 0 aliphatic heterocycles. The second-order valence-electron chi connectivity index (χ2n) is 7.13. The quantitative estimate of drug-likeness (QED) is 0.411. The summed E-state index contributed by atoms with van der Waals surface area (Å²) in [6, 6.07) is 8.71. The SMILES string of the molecule is Cc1cc(C(F)(F)C(F)(F)F)n2nc(C(=O)Nc3cnn(Cc4ccccc4Cl)c3)cc2n1. The molecule has 0 radical (unpaired) electrons. The van der Waals surface area contributed by atoms with Gasteiger partial charge in [0, 0.05) is 23.0 Å². The van der Waals surface area contributed by atoms with Crippen LogP contribution in [-0.4, -0.2) is 36.5 Å². The molecular formula is C20H14ClF5N6O. The number of anilines is 1. The van der Waals surface area contributed by atoms with Gasteiger partial charge in [-0.15, -0.1) is 0 Å². The Balaban J connectivity index is 1.59. The van der Waals surface area contributed by atoms with E-state index in [2.05, 4.69) is 20.5 Å². The van der Waals surface area contributed by atoms with Crippen molar-refractivity contribution in [2.24, 2.45) is 0 Å². The predicted molar refractivity (Wildman–Crippen MR) is 108 cm³/mol. The van der Waals surface area contributed by atoms with Crippen molar-refractivity contribution in [3.8, 4) is 0 Å². The number of fused-ring (bicyclic) bond motifs is 1. The lowest BCUT2D eigenvalue weighted by molar-refractivity contribution is -0.291. The van der Waals surface area contributed by atoms with Crippen LogP contribution < -0.4 is 5.32 Å². The molecule has 1 aromatic carbocycles. The summed E-state index contributed by atoms with van der Waals surface area (Å²) in [6.45, 7) is 1.58. The summed E-state index contributed by atoms with van der Waals surface area (Å²) in [5.41, 5.74) is -1.20. The van der Waals surface area contributed by atoms with E-state index in [1.54, 1.807) is 12.1 Å². The zero-order valence-electron chi connectivity index (χ0n) is 16.7. The number of aryl methyl sites for hydroxylation is 1. The second-order valence-corrected chi connectivity index (χ2v) is 7.53. The van der Waals surface area contributed by atoms with Crippen molar-refractivity contribution in [1.82, 2.24) is 24.4 Å². The summed E-state index contributed by atoms with van der Waals surface area (Å²) in [7, 11) is 0. The molecule has 0 spiro atoms. The molecule has 0 saturated carbocycles. The number of hydrogen-bond donors (Lipinski definition) is 1. The second kappa shape index (κ2) is 8.10. The third-order valence-corrected chi connectivity index (χ3v) is 5.02. The molecule has 3 heterocycles. The van der Waals surface area contributed by atoms with Crippen LogP contribution in [0.5, 0.6) is 0 Å². The highest BCUT2D eigenvalue weighted by Gasteiger charge is 2.60. The van der Waals surface area contributed by atoms with E-state index in [0.717, 1.165) is 11.6 Å². The van der Waals surface area contributed by atoms with E-state index in [-0.39, 0.29) is 17.0 Å². The molecule has 0 fully saturated rings. The molecule has 33 heavy (non-hydrogen) atoms. The van der Waals surface area contributed by atoms with Gasteiger partial charge in [-0.05, 0) is 24.6 Å². The third kappa shape index (κ3) is 4.38. The fourth-order valence-corrected chi connectivity index (χ4v) is 3.29. The normalized spacial score (nSPS) is 12.3.